The summed E-state index contributed by atoms with van der Waals surface area (Å²) in [6.45, 7) is 12.9. The van der Waals surface area contributed by atoms with Gasteiger partial charge in [0, 0.05) is 79.6 Å². The smallest absolute Gasteiger partial charge is 0.0462 e. The molecule has 0 amide bonds. The summed E-state index contributed by atoms with van der Waals surface area (Å²) in [5.74, 6) is 0.235. The molecule has 0 unspecified atom stereocenters. The molecular weight excluding hydrogens is 957 g/mol. The van der Waals surface area contributed by atoms with Crippen LogP contribution in [0, 0.1) is 41.5 Å². The Morgan fingerprint density at radius 1 is 0.266 bits per heavy atom. The molecule has 4 nitrogen and oxygen atoms in total. The fourth-order valence-corrected chi connectivity index (χ4v) is 9.94. The molecule has 0 spiro atoms. The number of hydrogen-bond acceptors (Lipinski definition) is 4. The second-order valence-electron chi connectivity index (χ2n) is 21.2. The van der Waals surface area contributed by atoms with E-state index in [0.717, 1.165) is 45.3 Å². The van der Waals surface area contributed by atoms with Crippen molar-refractivity contribution in [2.75, 3.05) is 47.8 Å². The first-order chi connectivity index (χ1) is 38.3. The normalized spacial score (nSPS) is 11.2. The van der Waals surface area contributed by atoms with E-state index in [0.29, 0.717) is 0 Å². The summed E-state index contributed by atoms with van der Waals surface area (Å²) in [5.41, 5.74) is 25.7. The molecule has 394 valence electrons. The number of nitrogens with zero attached hydrogens (tertiary/aromatic N) is 4. The van der Waals surface area contributed by atoms with Crippen LogP contribution in [0.3, 0.4) is 0 Å². The molecule has 10 aromatic rings. The average molecular weight is 1030 g/mol. The summed E-state index contributed by atoms with van der Waals surface area (Å²) in [6, 6.07) is 85.5. The highest BCUT2D eigenvalue weighted by molar-refractivity contribution is 5.80. The summed E-state index contributed by atoms with van der Waals surface area (Å²) in [6.07, 6.45) is 8.70. The second kappa shape index (κ2) is 25.4. The van der Waals surface area contributed by atoms with Crippen molar-refractivity contribution in [2.45, 2.75) is 47.5 Å². The zero-order valence-corrected chi connectivity index (χ0v) is 47.7. The second-order valence-corrected chi connectivity index (χ2v) is 21.2. The first-order valence-electron chi connectivity index (χ1n) is 27.4. The van der Waals surface area contributed by atoms with E-state index in [1.54, 1.807) is 0 Å². The largest absolute Gasteiger partial charge is 0.378 e. The van der Waals surface area contributed by atoms with Gasteiger partial charge in [-0.15, -0.1) is 0 Å². The maximum Gasteiger partial charge on any atom is 0.0462 e. The van der Waals surface area contributed by atoms with E-state index in [2.05, 4.69) is 350 Å². The summed E-state index contributed by atoms with van der Waals surface area (Å²) in [4.78, 5) is 8.92. The molecular formula is C75H74N4. The molecule has 0 heterocycles. The highest BCUT2D eigenvalue weighted by atomic mass is 15.1. The SMILES string of the molecule is Cc1cc(N(C)C)ccc1C(c1ccccc1)c1ccc(N(C)C)cc1C.Cc1ccc(N(c2ccc(C)cc2)c2ccc(C=Cc3ccc(C=Cc4ccc(N(c5ccc(C)cc5)c5ccc(C)cc5)cc4)cc3)cc2)cc1. The molecule has 0 aliphatic heterocycles. The van der Waals surface area contributed by atoms with E-state index in [9.17, 15) is 0 Å². The fraction of sp³-hybridized carbons (Fsp3) is 0.147. The van der Waals surface area contributed by atoms with Crippen LogP contribution in [-0.2, 0) is 0 Å². The van der Waals surface area contributed by atoms with Gasteiger partial charge >= 0.3 is 0 Å². The van der Waals surface area contributed by atoms with Crippen molar-refractivity contribution in [3.8, 4) is 0 Å². The van der Waals surface area contributed by atoms with Crippen LogP contribution in [0.1, 0.15) is 78.2 Å². The predicted octanol–water partition coefficient (Wildman–Crippen LogP) is 19.8. The Bertz CT molecular complexity index is 3300. The van der Waals surface area contributed by atoms with Crippen LogP contribution >= 0.6 is 0 Å². The third-order valence-electron chi connectivity index (χ3n) is 14.6. The van der Waals surface area contributed by atoms with E-state index in [4.69, 9.17) is 0 Å². The molecule has 10 rings (SSSR count). The molecule has 0 aliphatic carbocycles. The van der Waals surface area contributed by atoms with Crippen molar-refractivity contribution in [3.05, 3.63) is 309 Å². The Morgan fingerprint density at radius 2 is 0.506 bits per heavy atom. The van der Waals surface area contributed by atoms with Crippen molar-refractivity contribution in [3.63, 3.8) is 0 Å². The lowest BCUT2D eigenvalue weighted by atomic mass is 9.81. The van der Waals surface area contributed by atoms with Crippen LogP contribution in [-0.4, -0.2) is 28.2 Å². The number of anilines is 8. The Labute approximate surface area is 471 Å². The Balaban J connectivity index is 0.000000235. The molecule has 0 N–H and O–H groups in total. The van der Waals surface area contributed by atoms with Crippen LogP contribution < -0.4 is 19.6 Å². The zero-order valence-electron chi connectivity index (χ0n) is 47.7. The van der Waals surface area contributed by atoms with Crippen LogP contribution in [0.4, 0.5) is 45.5 Å². The molecule has 0 aromatic heterocycles. The van der Waals surface area contributed by atoms with E-state index in [1.165, 1.54) is 72.6 Å². The van der Waals surface area contributed by atoms with Crippen LogP contribution in [0.5, 0.6) is 0 Å². The number of rotatable bonds is 15. The van der Waals surface area contributed by atoms with Gasteiger partial charge in [-0.25, -0.2) is 0 Å². The molecule has 0 saturated heterocycles. The van der Waals surface area contributed by atoms with Gasteiger partial charge in [0.15, 0.2) is 0 Å². The number of hydrogen-bond donors (Lipinski definition) is 0. The molecule has 79 heavy (non-hydrogen) atoms. The fourth-order valence-electron chi connectivity index (χ4n) is 9.94. The van der Waals surface area contributed by atoms with E-state index >= 15 is 0 Å². The van der Waals surface area contributed by atoms with Gasteiger partial charge < -0.3 is 19.6 Å². The molecule has 0 bridgehead atoms. The summed E-state index contributed by atoms with van der Waals surface area (Å²) >= 11 is 0. The minimum absolute atomic E-state index is 0.235. The third kappa shape index (κ3) is 13.9. The zero-order chi connectivity index (χ0) is 55.4. The van der Waals surface area contributed by atoms with Gasteiger partial charge in [-0.05, 0) is 189 Å². The van der Waals surface area contributed by atoms with E-state index in [-0.39, 0.29) is 5.92 Å². The Morgan fingerprint density at radius 3 is 0.759 bits per heavy atom. The predicted molar refractivity (Wildman–Crippen MR) is 344 cm³/mol. The quantitative estimate of drug-likeness (QED) is 0.0749. The Hall–Kier alpha value is -9.12. The molecule has 0 aliphatic rings. The van der Waals surface area contributed by atoms with Gasteiger partial charge in [-0.1, -0.05) is 186 Å². The maximum absolute atomic E-state index is 2.30. The van der Waals surface area contributed by atoms with Crippen LogP contribution in [0.2, 0.25) is 0 Å². The van der Waals surface area contributed by atoms with Crippen molar-refractivity contribution >= 4 is 69.8 Å². The van der Waals surface area contributed by atoms with E-state index in [1.807, 2.05) is 0 Å². The van der Waals surface area contributed by atoms with Crippen molar-refractivity contribution in [1.29, 1.82) is 0 Å². The standard InChI is InChI=1S/C50H44N2.C25H30N2/c1-37-5-25-45(26-6-37)51(46-27-7-38(2)8-28-46)49-33-21-43(22-34-49)19-17-41-13-15-42(16-14-41)18-20-44-23-35-50(36-24-44)52(47-29-9-39(3)10-30-47)48-31-11-40(4)12-32-48;1-18-16-21(26(3)4)12-14-23(18)25(20-10-8-7-9-11-20)24-15-13-22(27(5)6)17-19(24)2/h5-36H,1-4H3;7-17,25H,1-6H3. The lowest BCUT2D eigenvalue weighted by Gasteiger charge is -2.25. The monoisotopic (exact) mass is 1030 g/mol. The number of aryl methyl sites for hydroxylation is 6. The number of benzene rings is 10. The molecule has 0 atom stereocenters. The Kier molecular flexibility index (Phi) is 17.5. The van der Waals surface area contributed by atoms with Gasteiger partial charge in [0.25, 0.3) is 0 Å². The van der Waals surface area contributed by atoms with E-state index < -0.39 is 0 Å². The van der Waals surface area contributed by atoms with Crippen molar-refractivity contribution in [1.82, 2.24) is 0 Å². The first kappa shape index (κ1) is 54.7. The molecule has 10 aromatic carbocycles. The average Bonchev–Trinajstić information content (AvgIpc) is 3.46. The highest BCUT2D eigenvalue weighted by Crippen LogP contribution is 2.39. The molecule has 0 fully saturated rings. The van der Waals surface area contributed by atoms with Gasteiger partial charge in [-0.2, -0.15) is 0 Å². The minimum Gasteiger partial charge on any atom is -0.378 e. The van der Waals surface area contributed by atoms with Gasteiger partial charge in [0.2, 0.25) is 0 Å². The topological polar surface area (TPSA) is 13.0 Å². The minimum atomic E-state index is 0.235. The first-order valence-corrected chi connectivity index (χ1v) is 27.4. The molecule has 4 heteroatoms. The summed E-state index contributed by atoms with van der Waals surface area (Å²) in [5, 5.41) is 0. The lowest BCUT2D eigenvalue weighted by molar-refractivity contribution is 0.945. The lowest BCUT2D eigenvalue weighted by Crippen LogP contribution is -2.12. The van der Waals surface area contributed by atoms with Crippen LogP contribution in [0.25, 0.3) is 24.3 Å². The van der Waals surface area contributed by atoms with Gasteiger partial charge in [-0.3, -0.25) is 0 Å². The van der Waals surface area contributed by atoms with Crippen molar-refractivity contribution in [2.24, 2.45) is 0 Å². The maximum atomic E-state index is 2.30. The van der Waals surface area contributed by atoms with Gasteiger partial charge in [0.1, 0.15) is 0 Å². The summed E-state index contributed by atoms with van der Waals surface area (Å²) < 4.78 is 0. The van der Waals surface area contributed by atoms with Crippen molar-refractivity contribution < 1.29 is 0 Å². The third-order valence-corrected chi connectivity index (χ3v) is 14.6. The van der Waals surface area contributed by atoms with Crippen LogP contribution in [0.15, 0.2) is 237 Å². The molecule has 0 saturated carbocycles. The van der Waals surface area contributed by atoms with Gasteiger partial charge in [0.05, 0.1) is 0 Å². The highest BCUT2D eigenvalue weighted by Gasteiger charge is 2.21. The summed E-state index contributed by atoms with van der Waals surface area (Å²) in [7, 11) is 8.36. The molecule has 0 radical (unpaired) electrons.